The molecule has 0 bridgehead atoms. The molecule has 1 fully saturated rings. The van der Waals surface area contributed by atoms with Gasteiger partial charge in [0.05, 0.1) is 24.3 Å². The zero-order valence-corrected chi connectivity index (χ0v) is 13.1. The van der Waals surface area contributed by atoms with Gasteiger partial charge in [-0.2, -0.15) is 5.10 Å². The van der Waals surface area contributed by atoms with Gasteiger partial charge in [0.1, 0.15) is 5.82 Å². The molecule has 0 spiro atoms. The van der Waals surface area contributed by atoms with E-state index in [1.165, 1.54) is 18.2 Å². The Hall–Kier alpha value is -1.88. The molecule has 0 aliphatic carbocycles. The van der Waals surface area contributed by atoms with Crippen molar-refractivity contribution < 1.29 is 9.18 Å². The second-order valence-electron chi connectivity index (χ2n) is 5.66. The van der Waals surface area contributed by atoms with Crippen molar-refractivity contribution in [3.63, 3.8) is 0 Å². The van der Waals surface area contributed by atoms with E-state index in [0.29, 0.717) is 18.1 Å². The normalized spacial score (nSPS) is 18.0. The molecule has 22 heavy (non-hydrogen) atoms. The molecule has 2 heterocycles. The standard InChI is InChI=1S/C16H17ClFN3O/c1-11-8-19-20(9-11)10-13-3-2-6-21(13)16(22)14-7-12(17)4-5-15(14)18/h4-5,7-9,13H,2-3,6,10H2,1H3/t13-/m1/s1. The van der Waals surface area contributed by atoms with Crippen molar-refractivity contribution in [3.05, 3.63) is 52.6 Å². The lowest BCUT2D eigenvalue weighted by Gasteiger charge is -2.25. The van der Waals surface area contributed by atoms with Gasteiger partial charge < -0.3 is 4.90 Å². The lowest BCUT2D eigenvalue weighted by atomic mass is 10.1. The number of hydrogen-bond acceptors (Lipinski definition) is 2. The van der Waals surface area contributed by atoms with Crippen LogP contribution in [0.25, 0.3) is 0 Å². The van der Waals surface area contributed by atoms with Crippen LogP contribution in [-0.4, -0.2) is 33.2 Å². The van der Waals surface area contributed by atoms with Crippen molar-refractivity contribution in [1.29, 1.82) is 0 Å². The smallest absolute Gasteiger partial charge is 0.257 e. The third kappa shape index (κ3) is 2.99. The van der Waals surface area contributed by atoms with Crippen LogP contribution in [0.1, 0.15) is 28.8 Å². The van der Waals surface area contributed by atoms with Gasteiger partial charge in [-0.15, -0.1) is 0 Å². The summed E-state index contributed by atoms with van der Waals surface area (Å²) in [5.41, 5.74) is 1.12. The highest BCUT2D eigenvalue weighted by molar-refractivity contribution is 6.31. The Labute approximate surface area is 133 Å². The van der Waals surface area contributed by atoms with Crippen LogP contribution in [0, 0.1) is 12.7 Å². The number of aromatic nitrogens is 2. The minimum absolute atomic E-state index is 0.0326. The van der Waals surface area contributed by atoms with Crippen LogP contribution < -0.4 is 0 Å². The summed E-state index contributed by atoms with van der Waals surface area (Å²) in [5, 5.41) is 4.63. The van der Waals surface area contributed by atoms with E-state index < -0.39 is 5.82 Å². The summed E-state index contributed by atoms with van der Waals surface area (Å²) >= 11 is 5.88. The van der Waals surface area contributed by atoms with E-state index in [1.54, 1.807) is 11.1 Å². The molecule has 116 valence electrons. The van der Waals surface area contributed by atoms with Gasteiger partial charge in [0.15, 0.2) is 0 Å². The molecule has 1 aliphatic rings. The lowest BCUT2D eigenvalue weighted by Crippen LogP contribution is -2.38. The largest absolute Gasteiger partial charge is 0.334 e. The molecule has 0 unspecified atom stereocenters. The molecular weight excluding hydrogens is 305 g/mol. The Morgan fingerprint density at radius 1 is 1.50 bits per heavy atom. The van der Waals surface area contributed by atoms with Crippen LogP contribution in [0.2, 0.25) is 5.02 Å². The Balaban J connectivity index is 1.80. The fraction of sp³-hybridized carbons (Fsp3) is 0.375. The Bertz CT molecular complexity index is 700. The van der Waals surface area contributed by atoms with Gasteiger partial charge in [-0.25, -0.2) is 4.39 Å². The lowest BCUT2D eigenvalue weighted by molar-refractivity contribution is 0.0717. The highest BCUT2D eigenvalue weighted by atomic mass is 35.5. The average Bonchev–Trinajstić information content (AvgIpc) is 3.10. The maximum atomic E-state index is 13.9. The Morgan fingerprint density at radius 3 is 3.05 bits per heavy atom. The highest BCUT2D eigenvalue weighted by Crippen LogP contribution is 2.24. The van der Waals surface area contributed by atoms with Crippen LogP contribution in [0.3, 0.4) is 0 Å². The molecule has 1 aliphatic heterocycles. The average molecular weight is 322 g/mol. The third-order valence-corrected chi connectivity index (χ3v) is 4.19. The molecule has 1 atom stereocenters. The van der Waals surface area contributed by atoms with Gasteiger partial charge >= 0.3 is 0 Å². The molecule has 1 amide bonds. The van der Waals surface area contributed by atoms with E-state index in [4.69, 9.17) is 11.6 Å². The monoisotopic (exact) mass is 321 g/mol. The molecule has 0 N–H and O–H groups in total. The number of amides is 1. The number of halogens is 2. The van der Waals surface area contributed by atoms with Gasteiger partial charge in [0.2, 0.25) is 0 Å². The maximum absolute atomic E-state index is 13.9. The first-order valence-corrected chi connectivity index (χ1v) is 7.67. The fourth-order valence-electron chi connectivity index (χ4n) is 2.89. The maximum Gasteiger partial charge on any atom is 0.257 e. The highest BCUT2D eigenvalue weighted by Gasteiger charge is 2.31. The van der Waals surface area contributed by atoms with E-state index in [1.807, 2.05) is 17.8 Å². The number of carbonyl (C=O) groups is 1. The molecular formula is C16H17ClFN3O. The zero-order valence-electron chi connectivity index (χ0n) is 12.3. The number of hydrogen-bond donors (Lipinski definition) is 0. The van der Waals surface area contributed by atoms with Gasteiger partial charge in [-0.1, -0.05) is 11.6 Å². The number of carbonyl (C=O) groups excluding carboxylic acids is 1. The SMILES string of the molecule is Cc1cnn(C[C@H]2CCCN2C(=O)c2cc(Cl)ccc2F)c1. The van der Waals surface area contributed by atoms with E-state index >= 15 is 0 Å². The summed E-state index contributed by atoms with van der Waals surface area (Å²) in [6.07, 6.45) is 5.55. The first-order valence-electron chi connectivity index (χ1n) is 7.29. The first kappa shape index (κ1) is 15.0. The van der Waals surface area contributed by atoms with Crippen LogP contribution in [0.4, 0.5) is 4.39 Å². The van der Waals surface area contributed by atoms with Gasteiger partial charge in [0.25, 0.3) is 5.91 Å². The number of aryl methyl sites for hydroxylation is 1. The van der Waals surface area contributed by atoms with Crippen molar-refractivity contribution in [2.24, 2.45) is 0 Å². The first-order chi connectivity index (χ1) is 10.5. The molecule has 6 heteroatoms. The van der Waals surface area contributed by atoms with E-state index in [9.17, 15) is 9.18 Å². The third-order valence-electron chi connectivity index (χ3n) is 3.96. The summed E-state index contributed by atoms with van der Waals surface area (Å²) in [5.74, 6) is -0.832. The van der Waals surface area contributed by atoms with Crippen LogP contribution >= 0.6 is 11.6 Å². The minimum Gasteiger partial charge on any atom is -0.334 e. The molecule has 0 saturated carbocycles. The summed E-state index contributed by atoms with van der Waals surface area (Å²) < 4.78 is 15.7. The number of nitrogens with zero attached hydrogens (tertiary/aromatic N) is 3. The molecule has 3 rings (SSSR count). The number of rotatable bonds is 3. The second kappa shape index (κ2) is 6.08. The van der Waals surface area contributed by atoms with Crippen molar-refractivity contribution in [1.82, 2.24) is 14.7 Å². The summed E-state index contributed by atoms with van der Waals surface area (Å²) in [6.45, 7) is 3.24. The number of likely N-dealkylation sites (tertiary alicyclic amines) is 1. The van der Waals surface area contributed by atoms with E-state index in [-0.39, 0.29) is 17.5 Å². The quantitative estimate of drug-likeness (QED) is 0.870. The van der Waals surface area contributed by atoms with Gasteiger partial charge in [-0.05, 0) is 43.5 Å². The van der Waals surface area contributed by atoms with Crippen molar-refractivity contribution >= 4 is 17.5 Å². The van der Waals surface area contributed by atoms with E-state index in [2.05, 4.69) is 5.10 Å². The fourth-order valence-corrected chi connectivity index (χ4v) is 3.06. The summed E-state index contributed by atoms with van der Waals surface area (Å²) in [4.78, 5) is 14.4. The summed E-state index contributed by atoms with van der Waals surface area (Å²) in [6, 6.07) is 4.11. The number of benzene rings is 1. The van der Waals surface area contributed by atoms with Crippen molar-refractivity contribution in [2.75, 3.05) is 6.54 Å². The molecule has 0 radical (unpaired) electrons. The summed E-state index contributed by atoms with van der Waals surface area (Å²) in [7, 11) is 0. The molecule has 1 aromatic carbocycles. The predicted octanol–water partition coefficient (Wildman–Crippen LogP) is 3.29. The Morgan fingerprint density at radius 2 is 2.32 bits per heavy atom. The van der Waals surface area contributed by atoms with Crippen LogP contribution in [0.5, 0.6) is 0 Å². The van der Waals surface area contributed by atoms with Crippen LogP contribution in [-0.2, 0) is 6.54 Å². The molecule has 4 nitrogen and oxygen atoms in total. The zero-order chi connectivity index (χ0) is 15.7. The molecule has 2 aromatic rings. The van der Waals surface area contributed by atoms with Gasteiger partial charge in [-0.3, -0.25) is 9.48 Å². The second-order valence-corrected chi connectivity index (χ2v) is 6.09. The van der Waals surface area contributed by atoms with E-state index in [0.717, 1.165) is 18.4 Å². The van der Waals surface area contributed by atoms with Crippen molar-refractivity contribution in [3.8, 4) is 0 Å². The predicted molar refractivity (Wildman–Crippen MR) is 82.4 cm³/mol. The molecule has 1 saturated heterocycles. The Kier molecular flexibility index (Phi) is 4.16. The topological polar surface area (TPSA) is 38.1 Å². The minimum atomic E-state index is -0.532. The van der Waals surface area contributed by atoms with Gasteiger partial charge in [0, 0.05) is 17.8 Å². The van der Waals surface area contributed by atoms with Crippen LogP contribution in [0.15, 0.2) is 30.6 Å². The molecule has 1 aromatic heterocycles. The van der Waals surface area contributed by atoms with Crippen molar-refractivity contribution in [2.45, 2.75) is 32.4 Å².